The van der Waals surface area contributed by atoms with E-state index in [2.05, 4.69) is 6.92 Å². The molecule has 0 fully saturated rings. The number of ether oxygens (including phenoxy) is 1. The molecule has 38 heavy (non-hydrogen) atoms. The Kier molecular flexibility index (Phi) is 8.89. The van der Waals surface area contributed by atoms with Crippen molar-refractivity contribution in [1.82, 2.24) is 14.5 Å². The molecule has 6 nitrogen and oxygen atoms in total. The summed E-state index contributed by atoms with van der Waals surface area (Å²) < 4.78 is 22.1. The first-order chi connectivity index (χ1) is 18.5. The fraction of sp³-hybridized carbons (Fsp3) is 0.323. The van der Waals surface area contributed by atoms with Crippen LogP contribution >= 0.6 is 0 Å². The highest BCUT2D eigenvalue weighted by Gasteiger charge is 2.29. The molecule has 1 aromatic heterocycles. The molecule has 0 radical (unpaired) electrons. The number of hydrogen-bond acceptors (Lipinski definition) is 4. The van der Waals surface area contributed by atoms with E-state index in [-0.39, 0.29) is 11.1 Å². The Bertz CT molecular complexity index is 1470. The average molecular weight is 516 g/mol. The van der Waals surface area contributed by atoms with Gasteiger partial charge in [-0.2, -0.15) is 0 Å². The largest absolute Gasteiger partial charge is 0.492 e. The Morgan fingerprint density at radius 1 is 0.974 bits per heavy atom. The van der Waals surface area contributed by atoms with Crippen molar-refractivity contribution >= 4 is 16.8 Å². The highest BCUT2D eigenvalue weighted by Crippen LogP contribution is 2.29. The molecule has 0 N–H and O–H groups in total. The molecule has 198 valence electrons. The van der Waals surface area contributed by atoms with Gasteiger partial charge in [-0.1, -0.05) is 62.6 Å². The third-order valence-corrected chi connectivity index (χ3v) is 6.67. The van der Waals surface area contributed by atoms with Crippen LogP contribution in [-0.2, 0) is 0 Å². The van der Waals surface area contributed by atoms with E-state index in [0.717, 1.165) is 25.7 Å². The number of carbonyl (C=O) groups excluding carboxylic acids is 1. The van der Waals surface area contributed by atoms with E-state index in [4.69, 9.17) is 9.72 Å². The first-order valence-electron chi connectivity index (χ1n) is 13.3. The number of benzene rings is 3. The van der Waals surface area contributed by atoms with Crippen LogP contribution in [0.25, 0.3) is 16.6 Å². The summed E-state index contributed by atoms with van der Waals surface area (Å²) >= 11 is 0. The van der Waals surface area contributed by atoms with Crippen molar-refractivity contribution in [2.75, 3.05) is 13.2 Å². The number of unbranched alkanes of at least 4 members (excludes halogenated alkanes) is 3. The van der Waals surface area contributed by atoms with Crippen LogP contribution in [0.1, 0.15) is 68.7 Å². The molecule has 1 unspecified atom stereocenters. The lowest BCUT2D eigenvalue weighted by molar-refractivity contribution is 0.0672. The van der Waals surface area contributed by atoms with Gasteiger partial charge in [0.15, 0.2) is 0 Å². The molecule has 0 saturated carbocycles. The molecule has 4 rings (SSSR count). The van der Waals surface area contributed by atoms with Gasteiger partial charge in [0.05, 0.1) is 34.8 Å². The molecular weight excluding hydrogens is 481 g/mol. The van der Waals surface area contributed by atoms with Gasteiger partial charge in [-0.05, 0) is 56.7 Å². The van der Waals surface area contributed by atoms with E-state index in [1.54, 1.807) is 35.2 Å². The number of fused-ring (bicyclic) bond motifs is 1. The van der Waals surface area contributed by atoms with Gasteiger partial charge in [-0.25, -0.2) is 9.37 Å². The number of nitrogens with zero attached hydrogens (tertiary/aromatic N) is 3. The standard InChI is InChI=1S/C31H34FN3O3/c1-4-6-7-14-21-34(30(36)23-15-8-10-17-25(23)32)22(3)29-33-26-18-11-9-16-24(26)31(37)35(29)27-19-12-13-20-28(27)38-5-2/h8-13,15-20,22H,4-7,14,21H2,1-3H3. The molecule has 0 aliphatic heterocycles. The average Bonchev–Trinajstić information content (AvgIpc) is 2.93. The van der Waals surface area contributed by atoms with E-state index in [0.29, 0.717) is 41.3 Å². The van der Waals surface area contributed by atoms with Crippen molar-refractivity contribution in [1.29, 1.82) is 0 Å². The smallest absolute Gasteiger partial charge is 0.266 e. The second-order valence-corrected chi connectivity index (χ2v) is 9.24. The van der Waals surface area contributed by atoms with Crippen molar-refractivity contribution < 1.29 is 13.9 Å². The zero-order valence-corrected chi connectivity index (χ0v) is 22.2. The number of halogens is 1. The Morgan fingerprint density at radius 3 is 2.45 bits per heavy atom. The monoisotopic (exact) mass is 515 g/mol. The van der Waals surface area contributed by atoms with Gasteiger partial charge in [-0.15, -0.1) is 0 Å². The van der Waals surface area contributed by atoms with Gasteiger partial charge in [0.2, 0.25) is 0 Å². The number of para-hydroxylation sites is 3. The summed E-state index contributed by atoms with van der Waals surface area (Å²) in [7, 11) is 0. The van der Waals surface area contributed by atoms with Crippen LogP contribution in [0, 0.1) is 5.82 Å². The lowest BCUT2D eigenvalue weighted by Gasteiger charge is -2.31. The summed E-state index contributed by atoms with van der Waals surface area (Å²) in [5.74, 6) is -0.0773. The molecule has 7 heteroatoms. The second-order valence-electron chi connectivity index (χ2n) is 9.24. The van der Waals surface area contributed by atoms with Crippen LogP contribution in [-0.4, -0.2) is 33.5 Å². The van der Waals surface area contributed by atoms with Crippen molar-refractivity contribution in [2.45, 2.75) is 52.5 Å². The van der Waals surface area contributed by atoms with Gasteiger partial charge in [0, 0.05) is 6.54 Å². The number of amides is 1. The molecule has 0 spiro atoms. The van der Waals surface area contributed by atoms with Crippen molar-refractivity contribution in [3.05, 3.63) is 100 Å². The number of hydrogen-bond donors (Lipinski definition) is 0. The van der Waals surface area contributed by atoms with Crippen LogP contribution in [0.4, 0.5) is 4.39 Å². The minimum atomic E-state index is -0.629. The Balaban J connectivity index is 1.90. The van der Waals surface area contributed by atoms with Crippen LogP contribution in [0.3, 0.4) is 0 Å². The maximum Gasteiger partial charge on any atom is 0.266 e. The molecule has 0 saturated heterocycles. The Morgan fingerprint density at radius 2 is 1.68 bits per heavy atom. The highest BCUT2D eigenvalue weighted by molar-refractivity contribution is 5.94. The fourth-order valence-electron chi connectivity index (χ4n) is 4.69. The first-order valence-corrected chi connectivity index (χ1v) is 13.3. The number of aromatic nitrogens is 2. The summed E-state index contributed by atoms with van der Waals surface area (Å²) in [6.07, 6.45) is 3.79. The van der Waals surface area contributed by atoms with Crippen LogP contribution in [0.2, 0.25) is 0 Å². The van der Waals surface area contributed by atoms with Crippen LogP contribution < -0.4 is 10.3 Å². The summed E-state index contributed by atoms with van der Waals surface area (Å²) in [6, 6.07) is 19.8. The Labute approximate surface area is 222 Å². The number of rotatable bonds is 11. The third-order valence-electron chi connectivity index (χ3n) is 6.67. The molecular formula is C31H34FN3O3. The molecule has 1 heterocycles. The van der Waals surface area contributed by atoms with Gasteiger partial charge in [0.1, 0.15) is 17.4 Å². The van der Waals surface area contributed by atoms with E-state index in [1.165, 1.54) is 16.7 Å². The first kappa shape index (κ1) is 27.0. The maximum absolute atomic E-state index is 14.7. The number of carbonyl (C=O) groups is 1. The molecule has 4 aromatic rings. The van der Waals surface area contributed by atoms with E-state index >= 15 is 0 Å². The molecule has 1 amide bonds. The lowest BCUT2D eigenvalue weighted by atomic mass is 10.1. The van der Waals surface area contributed by atoms with Crippen LogP contribution in [0.5, 0.6) is 5.75 Å². The van der Waals surface area contributed by atoms with Gasteiger partial charge in [0.25, 0.3) is 11.5 Å². The highest BCUT2D eigenvalue weighted by atomic mass is 19.1. The van der Waals surface area contributed by atoms with Crippen LogP contribution in [0.15, 0.2) is 77.6 Å². The summed E-state index contributed by atoms with van der Waals surface area (Å²) in [4.78, 5) is 34.2. The molecule has 0 aliphatic rings. The van der Waals surface area contributed by atoms with E-state index < -0.39 is 17.8 Å². The van der Waals surface area contributed by atoms with Crippen molar-refractivity contribution in [2.24, 2.45) is 0 Å². The summed E-state index contributed by atoms with van der Waals surface area (Å²) in [5, 5.41) is 0.463. The molecule has 0 aliphatic carbocycles. The van der Waals surface area contributed by atoms with Gasteiger partial charge >= 0.3 is 0 Å². The second kappa shape index (κ2) is 12.5. The lowest BCUT2D eigenvalue weighted by Crippen LogP contribution is -2.38. The molecule has 1 atom stereocenters. The van der Waals surface area contributed by atoms with E-state index in [1.807, 2.05) is 44.2 Å². The Hall–Kier alpha value is -4.00. The predicted molar refractivity (Wildman–Crippen MR) is 149 cm³/mol. The fourth-order valence-corrected chi connectivity index (χ4v) is 4.69. The minimum absolute atomic E-state index is 0.000700. The van der Waals surface area contributed by atoms with Gasteiger partial charge in [-0.3, -0.25) is 14.2 Å². The maximum atomic E-state index is 14.7. The third kappa shape index (κ3) is 5.62. The topological polar surface area (TPSA) is 64.4 Å². The van der Waals surface area contributed by atoms with Crippen molar-refractivity contribution in [3.8, 4) is 11.4 Å². The zero-order chi connectivity index (χ0) is 27.1. The molecule has 0 bridgehead atoms. The SMILES string of the molecule is CCCCCCN(C(=O)c1ccccc1F)C(C)c1nc2ccccc2c(=O)n1-c1ccccc1OCC. The van der Waals surface area contributed by atoms with Crippen molar-refractivity contribution in [3.63, 3.8) is 0 Å². The predicted octanol–water partition coefficient (Wildman–Crippen LogP) is 6.71. The molecule has 3 aromatic carbocycles. The normalized spacial score (nSPS) is 11.9. The van der Waals surface area contributed by atoms with Gasteiger partial charge < -0.3 is 9.64 Å². The quantitative estimate of drug-likeness (QED) is 0.208. The summed E-state index contributed by atoms with van der Waals surface area (Å²) in [5.41, 5.74) is 0.825. The van der Waals surface area contributed by atoms with E-state index in [9.17, 15) is 14.0 Å². The summed E-state index contributed by atoms with van der Waals surface area (Å²) in [6.45, 7) is 6.68. The minimum Gasteiger partial charge on any atom is -0.492 e. The zero-order valence-electron chi connectivity index (χ0n) is 22.2.